The molecule has 0 heterocycles. The molecule has 0 spiro atoms. The van der Waals surface area contributed by atoms with Crippen LogP contribution in [0.3, 0.4) is 0 Å². The van der Waals surface area contributed by atoms with Gasteiger partial charge in [0.2, 0.25) is 0 Å². The molecule has 0 radical (unpaired) electrons. The van der Waals surface area contributed by atoms with Crippen LogP contribution >= 0.6 is 23.4 Å². The van der Waals surface area contributed by atoms with E-state index in [9.17, 15) is 4.39 Å². The molecule has 106 valence electrons. The number of hydrogen-bond acceptors (Lipinski definition) is 2. The topological polar surface area (TPSA) is 12.0 Å². The highest BCUT2D eigenvalue weighted by atomic mass is 35.5. The summed E-state index contributed by atoms with van der Waals surface area (Å²) in [5, 5.41) is 3.87. The molecule has 0 bridgehead atoms. The molecule has 1 nitrogen and oxygen atoms in total. The highest BCUT2D eigenvalue weighted by Gasteiger charge is 2.07. The lowest BCUT2D eigenvalue weighted by molar-refractivity contribution is 0.544. The fourth-order valence-electron chi connectivity index (χ4n) is 1.95. The van der Waals surface area contributed by atoms with E-state index in [0.717, 1.165) is 0 Å². The summed E-state index contributed by atoms with van der Waals surface area (Å²) in [7, 11) is 0. The molecule has 0 aliphatic rings. The van der Waals surface area contributed by atoms with Gasteiger partial charge in [0.15, 0.2) is 0 Å². The number of benzene rings is 2. The zero-order chi connectivity index (χ0) is 14.5. The Balaban J connectivity index is 2.00. The van der Waals surface area contributed by atoms with E-state index in [-0.39, 0.29) is 11.9 Å². The number of halogens is 2. The molecule has 0 aliphatic heterocycles. The highest BCUT2D eigenvalue weighted by molar-refractivity contribution is 7.98. The maximum atomic E-state index is 13.6. The zero-order valence-electron chi connectivity index (χ0n) is 11.5. The minimum atomic E-state index is -0.230. The van der Waals surface area contributed by atoms with Crippen LogP contribution < -0.4 is 5.32 Å². The van der Waals surface area contributed by atoms with Crippen molar-refractivity contribution >= 4 is 23.4 Å². The molecular weight excluding hydrogens is 293 g/mol. The third kappa shape index (κ3) is 3.98. The standard InChI is InChI=1S/C16H17ClFNS/c1-11(12-3-6-15(20-2)7-4-12)19-10-13-9-14(17)5-8-16(13)18/h3-9,11,19H,10H2,1-2H3. The molecule has 0 fully saturated rings. The Labute approximate surface area is 128 Å². The zero-order valence-corrected chi connectivity index (χ0v) is 13.1. The number of nitrogens with one attached hydrogen (secondary N) is 1. The van der Waals surface area contributed by atoms with Crippen LogP contribution in [0, 0.1) is 5.82 Å². The summed E-state index contributed by atoms with van der Waals surface area (Å²) < 4.78 is 13.6. The first-order chi connectivity index (χ1) is 9.60. The average molecular weight is 310 g/mol. The Kier molecular flexibility index (Phi) is 5.46. The van der Waals surface area contributed by atoms with Crippen molar-refractivity contribution in [3.63, 3.8) is 0 Å². The van der Waals surface area contributed by atoms with Gasteiger partial charge < -0.3 is 5.32 Å². The molecule has 0 saturated carbocycles. The van der Waals surface area contributed by atoms with E-state index in [4.69, 9.17) is 11.6 Å². The molecule has 2 aromatic rings. The largest absolute Gasteiger partial charge is 0.306 e. The Morgan fingerprint density at radius 1 is 1.20 bits per heavy atom. The Morgan fingerprint density at radius 3 is 2.55 bits per heavy atom. The van der Waals surface area contributed by atoms with Crippen LogP contribution in [0.25, 0.3) is 0 Å². The van der Waals surface area contributed by atoms with Gasteiger partial charge in [-0.15, -0.1) is 11.8 Å². The first kappa shape index (κ1) is 15.4. The van der Waals surface area contributed by atoms with E-state index in [2.05, 4.69) is 42.8 Å². The maximum Gasteiger partial charge on any atom is 0.127 e. The SMILES string of the molecule is CSc1ccc(C(C)NCc2cc(Cl)ccc2F)cc1. The lowest BCUT2D eigenvalue weighted by atomic mass is 10.1. The molecule has 4 heteroatoms. The van der Waals surface area contributed by atoms with Gasteiger partial charge in [-0.05, 0) is 49.1 Å². The molecule has 0 amide bonds. The first-order valence-electron chi connectivity index (χ1n) is 6.41. The van der Waals surface area contributed by atoms with Gasteiger partial charge in [-0.25, -0.2) is 4.39 Å². The lowest BCUT2D eigenvalue weighted by Crippen LogP contribution is -2.18. The summed E-state index contributed by atoms with van der Waals surface area (Å²) in [6, 6.07) is 13.2. The van der Waals surface area contributed by atoms with Gasteiger partial charge in [-0.3, -0.25) is 0 Å². The normalized spacial score (nSPS) is 12.4. The van der Waals surface area contributed by atoms with E-state index in [1.54, 1.807) is 23.9 Å². The lowest BCUT2D eigenvalue weighted by Gasteiger charge is -2.15. The van der Waals surface area contributed by atoms with E-state index in [1.165, 1.54) is 16.5 Å². The molecule has 2 aromatic carbocycles. The third-order valence-corrected chi connectivity index (χ3v) is 4.20. The number of hydrogen-bond donors (Lipinski definition) is 1. The van der Waals surface area contributed by atoms with Crippen LogP contribution in [0.2, 0.25) is 5.02 Å². The molecule has 0 aromatic heterocycles. The van der Waals surface area contributed by atoms with Crippen LogP contribution in [0.5, 0.6) is 0 Å². The van der Waals surface area contributed by atoms with E-state index in [1.807, 2.05) is 0 Å². The summed E-state index contributed by atoms with van der Waals surface area (Å²) in [5.74, 6) is -0.230. The van der Waals surface area contributed by atoms with Crippen molar-refractivity contribution in [2.24, 2.45) is 0 Å². The van der Waals surface area contributed by atoms with Gasteiger partial charge in [-0.2, -0.15) is 0 Å². The van der Waals surface area contributed by atoms with E-state index in [0.29, 0.717) is 17.1 Å². The minimum Gasteiger partial charge on any atom is -0.306 e. The second-order valence-corrected chi connectivity index (χ2v) is 5.93. The van der Waals surface area contributed by atoms with Crippen molar-refractivity contribution in [2.45, 2.75) is 24.4 Å². The van der Waals surface area contributed by atoms with Crippen molar-refractivity contribution in [3.05, 3.63) is 64.4 Å². The molecule has 0 saturated heterocycles. The quantitative estimate of drug-likeness (QED) is 0.775. The highest BCUT2D eigenvalue weighted by Crippen LogP contribution is 2.20. The van der Waals surface area contributed by atoms with Crippen LogP contribution in [0.15, 0.2) is 47.4 Å². The Bertz CT molecular complexity index is 571. The van der Waals surface area contributed by atoms with Crippen molar-refractivity contribution < 1.29 is 4.39 Å². The number of thioether (sulfide) groups is 1. The summed E-state index contributed by atoms with van der Waals surface area (Å²) in [5.41, 5.74) is 1.77. The molecule has 1 unspecified atom stereocenters. The van der Waals surface area contributed by atoms with Gasteiger partial charge in [0.1, 0.15) is 5.82 Å². The molecule has 1 N–H and O–H groups in total. The minimum absolute atomic E-state index is 0.157. The Hall–Kier alpha value is -1.03. The van der Waals surface area contributed by atoms with Crippen LogP contribution in [0.4, 0.5) is 4.39 Å². The second-order valence-electron chi connectivity index (χ2n) is 4.61. The summed E-state index contributed by atoms with van der Waals surface area (Å²) in [6.07, 6.45) is 2.05. The monoisotopic (exact) mass is 309 g/mol. The van der Waals surface area contributed by atoms with Crippen LogP contribution in [0.1, 0.15) is 24.1 Å². The van der Waals surface area contributed by atoms with Crippen LogP contribution in [-0.4, -0.2) is 6.26 Å². The third-order valence-electron chi connectivity index (χ3n) is 3.22. The predicted octanol–water partition coefficient (Wildman–Crippen LogP) is 5.05. The fraction of sp³-hybridized carbons (Fsp3) is 0.250. The van der Waals surface area contributed by atoms with Crippen molar-refractivity contribution in [1.29, 1.82) is 0 Å². The van der Waals surface area contributed by atoms with Gasteiger partial charge in [-0.1, -0.05) is 23.7 Å². The predicted molar refractivity (Wildman–Crippen MR) is 84.9 cm³/mol. The smallest absolute Gasteiger partial charge is 0.127 e. The van der Waals surface area contributed by atoms with Crippen molar-refractivity contribution in [2.75, 3.05) is 6.26 Å². The molecule has 2 rings (SSSR count). The molecule has 1 atom stereocenters. The van der Waals surface area contributed by atoms with E-state index >= 15 is 0 Å². The van der Waals surface area contributed by atoms with Gasteiger partial charge in [0, 0.05) is 28.1 Å². The average Bonchev–Trinajstić information content (AvgIpc) is 2.48. The molecular formula is C16H17ClFNS. The summed E-state index contributed by atoms with van der Waals surface area (Å²) in [4.78, 5) is 1.24. The Morgan fingerprint density at radius 2 is 1.90 bits per heavy atom. The summed E-state index contributed by atoms with van der Waals surface area (Å²) >= 11 is 7.60. The maximum absolute atomic E-state index is 13.6. The second kappa shape index (κ2) is 7.11. The molecule has 20 heavy (non-hydrogen) atoms. The molecule has 0 aliphatic carbocycles. The first-order valence-corrected chi connectivity index (χ1v) is 8.01. The van der Waals surface area contributed by atoms with Gasteiger partial charge in [0.25, 0.3) is 0 Å². The van der Waals surface area contributed by atoms with E-state index < -0.39 is 0 Å². The van der Waals surface area contributed by atoms with Gasteiger partial charge >= 0.3 is 0 Å². The van der Waals surface area contributed by atoms with Gasteiger partial charge in [0.05, 0.1) is 0 Å². The fourth-order valence-corrected chi connectivity index (χ4v) is 2.56. The van der Waals surface area contributed by atoms with Crippen molar-refractivity contribution in [3.8, 4) is 0 Å². The van der Waals surface area contributed by atoms with Crippen molar-refractivity contribution in [1.82, 2.24) is 5.32 Å². The number of rotatable bonds is 5. The summed E-state index contributed by atoms with van der Waals surface area (Å²) in [6.45, 7) is 2.52. The van der Waals surface area contributed by atoms with Crippen LogP contribution in [-0.2, 0) is 6.54 Å².